The number of hydrogen-bond donors (Lipinski definition) is 1. The zero-order valence-electron chi connectivity index (χ0n) is 7.46. The predicted molar refractivity (Wildman–Crippen MR) is 50.1 cm³/mol. The summed E-state index contributed by atoms with van der Waals surface area (Å²) < 4.78 is 12.5. The first-order valence-corrected chi connectivity index (χ1v) is 4.73. The molecule has 0 radical (unpaired) electrons. The van der Waals surface area contributed by atoms with E-state index in [-0.39, 0.29) is 0 Å². The molecule has 0 saturated heterocycles. The van der Waals surface area contributed by atoms with Gasteiger partial charge < -0.3 is 5.32 Å². The summed E-state index contributed by atoms with van der Waals surface area (Å²) in [5, 5.41) is 3.34. The molecule has 1 saturated carbocycles. The fourth-order valence-corrected chi connectivity index (χ4v) is 1.77. The Kier molecular flexibility index (Phi) is 2.43. The number of nitrogens with zero attached hydrogens (tertiary/aromatic N) is 1. The maximum absolute atomic E-state index is 12.5. The highest BCUT2D eigenvalue weighted by Gasteiger charge is 2.14. The highest BCUT2D eigenvalue weighted by molar-refractivity contribution is 5.41. The van der Waals surface area contributed by atoms with Crippen molar-refractivity contribution >= 4 is 5.69 Å². The Hall–Kier alpha value is -1.12. The van der Waals surface area contributed by atoms with E-state index < -0.39 is 5.95 Å². The molecule has 1 heterocycles. The van der Waals surface area contributed by atoms with Crippen LogP contribution in [0.2, 0.25) is 0 Å². The topological polar surface area (TPSA) is 24.9 Å². The fourth-order valence-electron chi connectivity index (χ4n) is 1.77. The lowest BCUT2D eigenvalue weighted by Gasteiger charge is -2.12. The molecule has 0 bridgehead atoms. The SMILES string of the molecule is Fc1ccc(NC2CCCC2)cn1. The molecule has 1 aromatic heterocycles. The minimum Gasteiger partial charge on any atom is -0.381 e. The van der Waals surface area contributed by atoms with E-state index in [1.54, 1.807) is 12.3 Å². The monoisotopic (exact) mass is 180 g/mol. The number of anilines is 1. The summed E-state index contributed by atoms with van der Waals surface area (Å²) in [6.07, 6.45) is 6.58. The molecule has 0 aliphatic heterocycles. The first-order chi connectivity index (χ1) is 6.34. The summed E-state index contributed by atoms with van der Waals surface area (Å²) in [7, 11) is 0. The third-order valence-corrected chi connectivity index (χ3v) is 2.45. The molecule has 1 aromatic rings. The number of rotatable bonds is 2. The smallest absolute Gasteiger partial charge is 0.212 e. The molecule has 0 unspecified atom stereocenters. The molecule has 2 nitrogen and oxygen atoms in total. The van der Waals surface area contributed by atoms with Crippen LogP contribution in [0.25, 0.3) is 0 Å². The van der Waals surface area contributed by atoms with Crippen molar-refractivity contribution in [1.29, 1.82) is 0 Å². The molecule has 1 fully saturated rings. The maximum atomic E-state index is 12.5. The van der Waals surface area contributed by atoms with Crippen molar-refractivity contribution in [3.63, 3.8) is 0 Å². The number of pyridine rings is 1. The quantitative estimate of drug-likeness (QED) is 0.707. The normalized spacial score (nSPS) is 17.6. The molecule has 70 valence electrons. The van der Waals surface area contributed by atoms with E-state index in [4.69, 9.17) is 0 Å². The molecule has 0 atom stereocenters. The van der Waals surface area contributed by atoms with Gasteiger partial charge in [0.05, 0.1) is 11.9 Å². The lowest BCUT2D eigenvalue weighted by atomic mass is 10.2. The van der Waals surface area contributed by atoms with Gasteiger partial charge in [0.15, 0.2) is 0 Å². The molecular weight excluding hydrogens is 167 g/mol. The van der Waals surface area contributed by atoms with E-state index in [1.165, 1.54) is 31.7 Å². The van der Waals surface area contributed by atoms with E-state index in [1.807, 2.05) is 0 Å². The van der Waals surface area contributed by atoms with E-state index in [9.17, 15) is 4.39 Å². The molecule has 0 amide bonds. The van der Waals surface area contributed by atoms with Gasteiger partial charge in [-0.3, -0.25) is 0 Å². The largest absolute Gasteiger partial charge is 0.381 e. The molecular formula is C10H13FN2. The summed E-state index contributed by atoms with van der Waals surface area (Å²) in [6, 6.07) is 3.69. The van der Waals surface area contributed by atoms with Crippen molar-refractivity contribution in [3.8, 4) is 0 Å². The van der Waals surface area contributed by atoms with Crippen LogP contribution in [-0.4, -0.2) is 11.0 Å². The van der Waals surface area contributed by atoms with Crippen LogP contribution in [0.5, 0.6) is 0 Å². The van der Waals surface area contributed by atoms with E-state index in [0.717, 1.165) is 5.69 Å². The van der Waals surface area contributed by atoms with Crippen molar-refractivity contribution < 1.29 is 4.39 Å². The van der Waals surface area contributed by atoms with Gasteiger partial charge in [-0.25, -0.2) is 4.98 Å². The Morgan fingerprint density at radius 1 is 1.31 bits per heavy atom. The molecule has 1 aliphatic rings. The summed E-state index contributed by atoms with van der Waals surface area (Å²) in [5.41, 5.74) is 0.924. The van der Waals surface area contributed by atoms with Crippen LogP contribution in [0.1, 0.15) is 25.7 Å². The van der Waals surface area contributed by atoms with Gasteiger partial charge in [-0.15, -0.1) is 0 Å². The van der Waals surface area contributed by atoms with Crippen LogP contribution >= 0.6 is 0 Å². The zero-order chi connectivity index (χ0) is 9.10. The Morgan fingerprint density at radius 2 is 2.08 bits per heavy atom. The fraction of sp³-hybridized carbons (Fsp3) is 0.500. The van der Waals surface area contributed by atoms with Gasteiger partial charge in [-0.2, -0.15) is 4.39 Å². The lowest BCUT2D eigenvalue weighted by molar-refractivity contribution is 0.583. The number of hydrogen-bond acceptors (Lipinski definition) is 2. The lowest BCUT2D eigenvalue weighted by Crippen LogP contribution is -2.14. The average Bonchev–Trinajstić information content (AvgIpc) is 2.62. The Balaban J connectivity index is 1.97. The van der Waals surface area contributed by atoms with Crippen molar-refractivity contribution in [2.24, 2.45) is 0 Å². The maximum Gasteiger partial charge on any atom is 0.212 e. The molecule has 0 spiro atoms. The van der Waals surface area contributed by atoms with Crippen LogP contribution in [0.15, 0.2) is 18.3 Å². The molecule has 1 aliphatic carbocycles. The minimum absolute atomic E-state index is 0.419. The molecule has 1 N–H and O–H groups in total. The van der Waals surface area contributed by atoms with Gasteiger partial charge in [0.25, 0.3) is 0 Å². The van der Waals surface area contributed by atoms with Gasteiger partial charge in [0, 0.05) is 6.04 Å². The summed E-state index contributed by atoms with van der Waals surface area (Å²) >= 11 is 0. The number of nitrogens with one attached hydrogen (secondary N) is 1. The van der Waals surface area contributed by atoms with Crippen LogP contribution in [0.3, 0.4) is 0 Å². The van der Waals surface area contributed by atoms with Crippen LogP contribution in [-0.2, 0) is 0 Å². The molecule has 13 heavy (non-hydrogen) atoms. The second-order valence-electron chi connectivity index (χ2n) is 3.50. The molecule has 2 rings (SSSR count). The Labute approximate surface area is 77.2 Å². The van der Waals surface area contributed by atoms with Gasteiger partial charge in [0.1, 0.15) is 0 Å². The number of aromatic nitrogens is 1. The second kappa shape index (κ2) is 3.73. The second-order valence-corrected chi connectivity index (χ2v) is 3.50. The Bertz CT molecular complexity index is 265. The molecule has 0 aromatic carbocycles. The van der Waals surface area contributed by atoms with Crippen LogP contribution in [0.4, 0.5) is 10.1 Å². The minimum atomic E-state index is -0.419. The predicted octanol–water partition coefficient (Wildman–Crippen LogP) is 2.58. The molecule has 3 heteroatoms. The van der Waals surface area contributed by atoms with E-state index in [2.05, 4.69) is 10.3 Å². The summed E-state index contributed by atoms with van der Waals surface area (Å²) in [6.45, 7) is 0. The zero-order valence-corrected chi connectivity index (χ0v) is 7.46. The standard InChI is InChI=1S/C10H13FN2/c11-10-6-5-9(7-12-10)13-8-3-1-2-4-8/h5-8,13H,1-4H2. The van der Waals surface area contributed by atoms with E-state index >= 15 is 0 Å². The Morgan fingerprint density at radius 3 is 2.69 bits per heavy atom. The third kappa shape index (κ3) is 2.17. The van der Waals surface area contributed by atoms with Crippen molar-refractivity contribution in [2.45, 2.75) is 31.7 Å². The van der Waals surface area contributed by atoms with Gasteiger partial charge >= 0.3 is 0 Å². The van der Waals surface area contributed by atoms with Crippen molar-refractivity contribution in [3.05, 3.63) is 24.3 Å². The summed E-state index contributed by atoms with van der Waals surface area (Å²) in [4.78, 5) is 3.59. The first kappa shape index (κ1) is 8.48. The van der Waals surface area contributed by atoms with Crippen LogP contribution < -0.4 is 5.32 Å². The highest BCUT2D eigenvalue weighted by Crippen LogP contribution is 2.21. The van der Waals surface area contributed by atoms with Crippen molar-refractivity contribution in [2.75, 3.05) is 5.32 Å². The highest BCUT2D eigenvalue weighted by atomic mass is 19.1. The van der Waals surface area contributed by atoms with Gasteiger partial charge in [0.2, 0.25) is 5.95 Å². The third-order valence-electron chi connectivity index (χ3n) is 2.45. The van der Waals surface area contributed by atoms with Gasteiger partial charge in [-0.05, 0) is 25.0 Å². The first-order valence-electron chi connectivity index (χ1n) is 4.73. The van der Waals surface area contributed by atoms with Crippen LogP contribution in [0, 0.1) is 5.95 Å². The van der Waals surface area contributed by atoms with Gasteiger partial charge in [-0.1, -0.05) is 12.8 Å². The average molecular weight is 180 g/mol. The van der Waals surface area contributed by atoms with E-state index in [0.29, 0.717) is 6.04 Å². The van der Waals surface area contributed by atoms with Crippen molar-refractivity contribution in [1.82, 2.24) is 4.98 Å². The summed E-state index contributed by atoms with van der Waals surface area (Å²) in [5.74, 6) is -0.419. The number of halogens is 1.